The molecule has 0 aliphatic carbocycles. The normalized spacial score (nSPS) is 15.9. The second-order valence-electron chi connectivity index (χ2n) is 1.70. The zero-order valence-corrected chi connectivity index (χ0v) is 6.68. The first-order valence-electron chi connectivity index (χ1n) is 2.81. The topological polar surface area (TPSA) is 63.6 Å². The van der Waals surface area contributed by atoms with E-state index in [4.69, 9.17) is 4.55 Å². The molecule has 0 aliphatic rings. The van der Waals surface area contributed by atoms with Crippen molar-refractivity contribution in [2.45, 2.75) is 18.6 Å². The van der Waals surface area contributed by atoms with Gasteiger partial charge in [-0.05, 0) is 6.42 Å². The van der Waals surface area contributed by atoms with Gasteiger partial charge in [-0.25, -0.2) is 4.21 Å². The molecule has 4 nitrogen and oxygen atoms in total. The summed E-state index contributed by atoms with van der Waals surface area (Å²) < 4.78 is 23.1. The molecule has 0 aliphatic heterocycles. The third kappa shape index (κ3) is 2.45. The summed E-state index contributed by atoms with van der Waals surface area (Å²) in [4.78, 5) is 10.6. The van der Waals surface area contributed by atoms with E-state index in [0.717, 1.165) is 0 Å². The number of carbonyl (C=O) groups is 1. The van der Waals surface area contributed by atoms with Crippen LogP contribution in [0.5, 0.6) is 0 Å². The van der Waals surface area contributed by atoms with E-state index in [1.54, 1.807) is 6.92 Å². The van der Waals surface area contributed by atoms with Crippen molar-refractivity contribution < 1.29 is 18.3 Å². The van der Waals surface area contributed by atoms with E-state index in [9.17, 15) is 9.00 Å². The van der Waals surface area contributed by atoms with Gasteiger partial charge in [0.05, 0.1) is 7.11 Å². The summed E-state index contributed by atoms with van der Waals surface area (Å²) in [5.74, 6) is -0.636. The van der Waals surface area contributed by atoms with Gasteiger partial charge in [0.2, 0.25) is 0 Å². The predicted molar refractivity (Wildman–Crippen MR) is 36.9 cm³/mol. The van der Waals surface area contributed by atoms with Crippen molar-refractivity contribution in [2.75, 3.05) is 7.11 Å². The van der Waals surface area contributed by atoms with Crippen LogP contribution in [0.15, 0.2) is 0 Å². The highest BCUT2D eigenvalue weighted by atomic mass is 32.2. The van der Waals surface area contributed by atoms with Gasteiger partial charge in [0.25, 0.3) is 0 Å². The molecular formula is C5H10O4S. The van der Waals surface area contributed by atoms with Gasteiger partial charge in [0.1, 0.15) is 0 Å². The van der Waals surface area contributed by atoms with Crippen molar-refractivity contribution in [1.29, 1.82) is 0 Å². The average Bonchev–Trinajstić information content (AvgIpc) is 1.88. The predicted octanol–water partition coefficient (Wildman–Crippen LogP) is 0.160. The van der Waals surface area contributed by atoms with E-state index in [0.29, 0.717) is 6.42 Å². The number of rotatable bonds is 3. The summed E-state index contributed by atoms with van der Waals surface area (Å²) in [6, 6.07) is 0. The molecule has 0 saturated carbocycles. The summed E-state index contributed by atoms with van der Waals surface area (Å²) in [7, 11) is 1.19. The molecule has 0 aromatic heterocycles. The maximum atomic E-state index is 10.6. The third-order valence-corrected chi connectivity index (χ3v) is 2.09. The van der Waals surface area contributed by atoms with Gasteiger partial charge in [-0.1, -0.05) is 6.92 Å². The summed E-state index contributed by atoms with van der Waals surface area (Å²) in [6.07, 6.45) is 0.315. The highest BCUT2D eigenvalue weighted by Crippen LogP contribution is 2.00. The van der Waals surface area contributed by atoms with Crippen molar-refractivity contribution in [2.24, 2.45) is 0 Å². The largest absolute Gasteiger partial charge is 0.468 e. The molecule has 1 N–H and O–H groups in total. The number of carbonyl (C=O) groups excluding carboxylic acids is 1. The minimum Gasteiger partial charge on any atom is -0.468 e. The Morgan fingerprint density at radius 1 is 1.80 bits per heavy atom. The Morgan fingerprint density at radius 3 is 2.40 bits per heavy atom. The molecule has 0 spiro atoms. The number of hydrogen-bond donors (Lipinski definition) is 1. The highest BCUT2D eigenvalue weighted by Gasteiger charge is 2.22. The summed E-state index contributed by atoms with van der Waals surface area (Å²) in [6.45, 7) is 1.65. The van der Waals surface area contributed by atoms with Crippen LogP contribution >= 0.6 is 0 Å². The fourth-order valence-electron chi connectivity index (χ4n) is 0.523. The maximum Gasteiger partial charge on any atom is 0.323 e. The molecule has 0 aromatic rings. The van der Waals surface area contributed by atoms with Crippen LogP contribution in [-0.2, 0) is 20.6 Å². The first-order chi connectivity index (χ1) is 4.63. The van der Waals surface area contributed by atoms with Crippen LogP contribution in [0.1, 0.15) is 13.3 Å². The molecule has 0 fully saturated rings. The van der Waals surface area contributed by atoms with Gasteiger partial charge in [-0.15, -0.1) is 0 Å². The van der Waals surface area contributed by atoms with Gasteiger partial charge in [-0.3, -0.25) is 4.79 Å². The van der Waals surface area contributed by atoms with Crippen molar-refractivity contribution in [1.82, 2.24) is 0 Å². The van der Waals surface area contributed by atoms with E-state index in [1.165, 1.54) is 7.11 Å². The van der Waals surface area contributed by atoms with Crippen LogP contribution in [0.2, 0.25) is 0 Å². The standard InChI is InChI=1S/C5H10O4S/c1-3-4(10(7)8)5(6)9-2/h4H,3H2,1-2H3,(H,7,8). The lowest BCUT2D eigenvalue weighted by Gasteiger charge is -2.05. The Balaban J connectivity index is 4.06. The first-order valence-corrected chi connectivity index (χ1v) is 3.98. The quantitative estimate of drug-likeness (QED) is 0.479. The van der Waals surface area contributed by atoms with Crippen molar-refractivity contribution in [3.63, 3.8) is 0 Å². The molecule has 2 unspecified atom stereocenters. The SMILES string of the molecule is CCC(C(=O)OC)S(=O)O. The molecule has 0 saturated heterocycles. The maximum absolute atomic E-state index is 10.6. The second kappa shape index (κ2) is 4.40. The fourth-order valence-corrected chi connectivity index (χ4v) is 1.07. The van der Waals surface area contributed by atoms with E-state index in [1.807, 2.05) is 0 Å². The van der Waals surface area contributed by atoms with Gasteiger partial charge in [-0.2, -0.15) is 0 Å². The average molecular weight is 166 g/mol. The molecule has 2 atom stereocenters. The Labute approximate surface area is 61.9 Å². The molecule has 5 heteroatoms. The van der Waals surface area contributed by atoms with Gasteiger partial charge in [0, 0.05) is 0 Å². The number of hydrogen-bond acceptors (Lipinski definition) is 3. The van der Waals surface area contributed by atoms with Crippen molar-refractivity contribution in [3.05, 3.63) is 0 Å². The van der Waals surface area contributed by atoms with Crippen LogP contribution < -0.4 is 0 Å². The van der Waals surface area contributed by atoms with Crippen LogP contribution in [0, 0.1) is 0 Å². The monoisotopic (exact) mass is 166 g/mol. The molecule has 10 heavy (non-hydrogen) atoms. The Kier molecular flexibility index (Phi) is 4.22. The second-order valence-corrected chi connectivity index (χ2v) is 2.82. The van der Waals surface area contributed by atoms with Crippen LogP contribution in [0.4, 0.5) is 0 Å². The Bertz CT molecular complexity index is 145. The summed E-state index contributed by atoms with van der Waals surface area (Å²) in [5, 5.41) is -0.898. The third-order valence-electron chi connectivity index (χ3n) is 1.08. The molecule has 60 valence electrons. The number of ether oxygens (including phenoxy) is 1. The minimum atomic E-state index is -2.11. The Hall–Kier alpha value is -0.420. The van der Waals surface area contributed by atoms with Gasteiger partial charge < -0.3 is 9.29 Å². The number of esters is 1. The van der Waals surface area contributed by atoms with Crippen LogP contribution in [0.25, 0.3) is 0 Å². The molecular weight excluding hydrogens is 156 g/mol. The lowest BCUT2D eigenvalue weighted by molar-refractivity contribution is -0.140. The molecule has 0 radical (unpaired) electrons. The molecule has 0 heterocycles. The molecule has 0 aromatic carbocycles. The Morgan fingerprint density at radius 2 is 2.30 bits per heavy atom. The molecule has 0 amide bonds. The lowest BCUT2D eigenvalue weighted by Crippen LogP contribution is -2.25. The van der Waals surface area contributed by atoms with E-state index < -0.39 is 22.3 Å². The lowest BCUT2D eigenvalue weighted by atomic mass is 10.3. The number of methoxy groups -OCH3 is 1. The zero-order chi connectivity index (χ0) is 8.15. The zero-order valence-electron chi connectivity index (χ0n) is 5.86. The smallest absolute Gasteiger partial charge is 0.323 e. The van der Waals surface area contributed by atoms with Crippen molar-refractivity contribution in [3.8, 4) is 0 Å². The molecule has 0 rings (SSSR count). The molecule has 0 bridgehead atoms. The van der Waals surface area contributed by atoms with Gasteiger partial charge in [0.15, 0.2) is 16.3 Å². The minimum absolute atomic E-state index is 0.315. The fraction of sp³-hybridized carbons (Fsp3) is 0.800. The van der Waals surface area contributed by atoms with Gasteiger partial charge >= 0.3 is 5.97 Å². The van der Waals surface area contributed by atoms with Crippen LogP contribution in [-0.4, -0.2) is 27.1 Å². The van der Waals surface area contributed by atoms with Crippen LogP contribution in [0.3, 0.4) is 0 Å². The van der Waals surface area contributed by atoms with E-state index in [2.05, 4.69) is 4.74 Å². The summed E-state index contributed by atoms with van der Waals surface area (Å²) in [5.41, 5.74) is 0. The summed E-state index contributed by atoms with van der Waals surface area (Å²) >= 11 is -2.11. The van der Waals surface area contributed by atoms with E-state index in [-0.39, 0.29) is 0 Å². The first kappa shape index (κ1) is 9.58. The van der Waals surface area contributed by atoms with Crippen molar-refractivity contribution >= 4 is 17.0 Å². The highest BCUT2D eigenvalue weighted by molar-refractivity contribution is 7.80. The van der Waals surface area contributed by atoms with E-state index >= 15 is 0 Å².